The van der Waals surface area contributed by atoms with Crippen LogP contribution in [0.1, 0.15) is 34.9 Å². The Labute approximate surface area is 222 Å². The maximum absolute atomic E-state index is 13.0. The van der Waals surface area contributed by atoms with Crippen LogP contribution in [-0.2, 0) is 17.9 Å². The highest BCUT2D eigenvalue weighted by Gasteiger charge is 2.27. The van der Waals surface area contributed by atoms with E-state index in [1.54, 1.807) is 42.7 Å². The summed E-state index contributed by atoms with van der Waals surface area (Å²) < 4.78 is 11.7. The first-order valence-electron chi connectivity index (χ1n) is 12.1. The molecule has 2 aromatic heterocycles. The molecular formula is C27H26BrN5O4. The molecule has 0 unspecified atom stereocenters. The van der Waals surface area contributed by atoms with Gasteiger partial charge in [0.05, 0.1) is 30.6 Å². The first kappa shape index (κ1) is 24.9. The lowest BCUT2D eigenvalue weighted by Gasteiger charge is -2.30. The van der Waals surface area contributed by atoms with Crippen molar-refractivity contribution in [1.29, 1.82) is 0 Å². The number of carbonyl (C=O) groups is 2. The standard InChI is InChI=1S/C27H26BrN5O4/c28-20-6-3-5-19(15-20)25-31-24(37-32-25)17-33-12-10-18(11-13-33)26(34)30-23-9-2-1-8-22(23)27(35)29-16-21-7-4-14-36-21/h1-9,14-15,18H,10-13,16-17H2,(H,29,35)(H,30,34). The van der Waals surface area contributed by atoms with Gasteiger partial charge >= 0.3 is 0 Å². The lowest BCUT2D eigenvalue weighted by atomic mass is 9.95. The van der Waals surface area contributed by atoms with Gasteiger partial charge in [0.15, 0.2) is 0 Å². The third-order valence-electron chi connectivity index (χ3n) is 6.30. The summed E-state index contributed by atoms with van der Waals surface area (Å²) in [4.78, 5) is 32.5. The molecule has 4 aromatic rings. The number of likely N-dealkylation sites (tertiary alicyclic amines) is 1. The third-order valence-corrected chi connectivity index (χ3v) is 6.79. The summed E-state index contributed by atoms with van der Waals surface area (Å²) >= 11 is 3.46. The number of furan rings is 1. The predicted molar refractivity (Wildman–Crippen MR) is 140 cm³/mol. The van der Waals surface area contributed by atoms with E-state index in [2.05, 4.69) is 41.6 Å². The van der Waals surface area contributed by atoms with Gasteiger partial charge in [-0.1, -0.05) is 45.4 Å². The highest BCUT2D eigenvalue weighted by Crippen LogP contribution is 2.24. The minimum Gasteiger partial charge on any atom is -0.467 e. The number of nitrogens with zero attached hydrogens (tertiary/aromatic N) is 3. The number of benzene rings is 2. The maximum Gasteiger partial charge on any atom is 0.253 e. The zero-order valence-electron chi connectivity index (χ0n) is 20.0. The van der Waals surface area contributed by atoms with Crippen molar-refractivity contribution in [2.75, 3.05) is 18.4 Å². The van der Waals surface area contributed by atoms with Crippen molar-refractivity contribution >= 4 is 33.4 Å². The van der Waals surface area contributed by atoms with Crippen LogP contribution in [0.2, 0.25) is 0 Å². The van der Waals surface area contributed by atoms with E-state index < -0.39 is 0 Å². The fraction of sp³-hybridized carbons (Fsp3) is 0.259. The van der Waals surface area contributed by atoms with Gasteiger partial charge in [-0.2, -0.15) is 4.98 Å². The molecule has 1 aliphatic rings. The summed E-state index contributed by atoms with van der Waals surface area (Å²) in [5, 5.41) is 9.88. The molecule has 0 atom stereocenters. The largest absolute Gasteiger partial charge is 0.467 e. The smallest absolute Gasteiger partial charge is 0.253 e. The van der Waals surface area contributed by atoms with Crippen molar-refractivity contribution < 1.29 is 18.5 Å². The monoisotopic (exact) mass is 563 g/mol. The van der Waals surface area contributed by atoms with Gasteiger partial charge in [0, 0.05) is 16.0 Å². The molecule has 5 rings (SSSR count). The van der Waals surface area contributed by atoms with Gasteiger partial charge in [-0.15, -0.1) is 0 Å². The first-order valence-corrected chi connectivity index (χ1v) is 12.9. The highest BCUT2D eigenvalue weighted by molar-refractivity contribution is 9.10. The van der Waals surface area contributed by atoms with E-state index in [0.717, 1.165) is 23.1 Å². The SMILES string of the molecule is O=C(NCc1ccco1)c1ccccc1NC(=O)C1CCN(Cc2nc(-c3cccc(Br)c3)no2)CC1. The molecule has 9 nitrogen and oxygen atoms in total. The highest BCUT2D eigenvalue weighted by atomic mass is 79.9. The molecule has 10 heteroatoms. The van der Waals surface area contributed by atoms with Crippen LogP contribution in [0.3, 0.4) is 0 Å². The van der Waals surface area contributed by atoms with Crippen LogP contribution >= 0.6 is 15.9 Å². The van der Waals surface area contributed by atoms with Crippen LogP contribution < -0.4 is 10.6 Å². The van der Waals surface area contributed by atoms with Crippen molar-refractivity contribution in [2.45, 2.75) is 25.9 Å². The van der Waals surface area contributed by atoms with Crippen molar-refractivity contribution in [1.82, 2.24) is 20.4 Å². The van der Waals surface area contributed by atoms with Gasteiger partial charge in [0.2, 0.25) is 17.6 Å². The molecule has 0 spiro atoms. The molecule has 0 aliphatic carbocycles. The Hall–Kier alpha value is -3.76. The second-order valence-electron chi connectivity index (χ2n) is 8.87. The van der Waals surface area contributed by atoms with Crippen LogP contribution in [0, 0.1) is 5.92 Å². The molecule has 2 amide bonds. The third kappa shape index (κ3) is 6.33. The molecule has 37 heavy (non-hydrogen) atoms. The topological polar surface area (TPSA) is 114 Å². The summed E-state index contributed by atoms with van der Waals surface area (Å²) in [7, 11) is 0. The van der Waals surface area contributed by atoms with Gasteiger partial charge in [-0.25, -0.2) is 0 Å². The number of piperidine rings is 1. The van der Waals surface area contributed by atoms with E-state index in [-0.39, 0.29) is 24.3 Å². The van der Waals surface area contributed by atoms with Crippen molar-refractivity contribution in [3.63, 3.8) is 0 Å². The summed E-state index contributed by atoms with van der Waals surface area (Å²) in [5.41, 5.74) is 1.80. The molecule has 2 aromatic carbocycles. The summed E-state index contributed by atoms with van der Waals surface area (Å²) in [6.45, 7) is 2.28. The summed E-state index contributed by atoms with van der Waals surface area (Å²) in [5.74, 6) is 1.26. The number of amides is 2. The van der Waals surface area contributed by atoms with Gasteiger partial charge in [-0.3, -0.25) is 14.5 Å². The van der Waals surface area contributed by atoms with Crippen molar-refractivity contribution in [3.05, 3.63) is 88.6 Å². The zero-order chi connectivity index (χ0) is 25.6. The van der Waals surface area contributed by atoms with Crippen LogP contribution in [0.15, 0.2) is 80.3 Å². The predicted octanol–water partition coefficient (Wildman–Crippen LogP) is 4.87. The minimum absolute atomic E-state index is 0.0827. The zero-order valence-corrected chi connectivity index (χ0v) is 21.6. The fourth-order valence-corrected chi connectivity index (χ4v) is 4.71. The second kappa shape index (κ2) is 11.5. The van der Waals surface area contributed by atoms with Crippen LogP contribution in [0.25, 0.3) is 11.4 Å². The number of para-hydroxylation sites is 1. The molecular weight excluding hydrogens is 538 g/mol. The average molecular weight is 564 g/mol. The lowest BCUT2D eigenvalue weighted by molar-refractivity contribution is -0.121. The van der Waals surface area contributed by atoms with E-state index in [1.807, 2.05) is 24.3 Å². The average Bonchev–Trinajstić information content (AvgIpc) is 3.61. The Morgan fingerprint density at radius 3 is 2.68 bits per heavy atom. The van der Waals surface area contributed by atoms with E-state index in [4.69, 9.17) is 8.94 Å². The van der Waals surface area contributed by atoms with Crippen molar-refractivity contribution in [2.24, 2.45) is 5.92 Å². The number of hydrogen-bond acceptors (Lipinski definition) is 7. The number of aromatic nitrogens is 2. The van der Waals surface area contributed by atoms with E-state index in [9.17, 15) is 9.59 Å². The lowest BCUT2D eigenvalue weighted by Crippen LogP contribution is -2.38. The Morgan fingerprint density at radius 1 is 1.05 bits per heavy atom. The number of rotatable bonds is 8. The van der Waals surface area contributed by atoms with E-state index >= 15 is 0 Å². The number of carbonyl (C=O) groups excluding carboxylic acids is 2. The molecule has 1 fully saturated rings. The van der Waals surface area contributed by atoms with Gasteiger partial charge in [0.1, 0.15) is 5.76 Å². The van der Waals surface area contributed by atoms with Crippen LogP contribution in [0.4, 0.5) is 5.69 Å². The number of nitrogens with one attached hydrogen (secondary N) is 2. The van der Waals surface area contributed by atoms with Gasteiger partial charge < -0.3 is 19.6 Å². The summed E-state index contributed by atoms with van der Waals surface area (Å²) in [6.07, 6.45) is 2.96. The minimum atomic E-state index is -0.274. The fourth-order valence-electron chi connectivity index (χ4n) is 4.31. The Morgan fingerprint density at radius 2 is 1.89 bits per heavy atom. The van der Waals surface area contributed by atoms with Crippen molar-refractivity contribution in [3.8, 4) is 11.4 Å². The molecule has 0 saturated carbocycles. The second-order valence-corrected chi connectivity index (χ2v) is 9.79. The quantitative estimate of drug-likeness (QED) is 0.314. The van der Waals surface area contributed by atoms with E-state index in [1.165, 1.54) is 0 Å². The van der Waals surface area contributed by atoms with Gasteiger partial charge in [-0.05, 0) is 62.3 Å². The molecule has 0 bridgehead atoms. The first-order chi connectivity index (χ1) is 18.0. The molecule has 3 heterocycles. The maximum atomic E-state index is 13.0. The Kier molecular flexibility index (Phi) is 7.76. The Bertz CT molecular complexity index is 1360. The van der Waals surface area contributed by atoms with E-state index in [0.29, 0.717) is 48.1 Å². The Balaban J connectivity index is 1.13. The molecule has 2 N–H and O–H groups in total. The van der Waals surface area contributed by atoms with Crippen LogP contribution in [-0.4, -0.2) is 39.9 Å². The molecule has 0 radical (unpaired) electrons. The van der Waals surface area contributed by atoms with Crippen LogP contribution in [0.5, 0.6) is 0 Å². The molecule has 1 saturated heterocycles. The normalized spacial score (nSPS) is 14.4. The summed E-state index contributed by atoms with van der Waals surface area (Å²) in [6, 6.07) is 18.3. The number of halogens is 1. The van der Waals surface area contributed by atoms with Gasteiger partial charge in [0.25, 0.3) is 5.91 Å². The molecule has 1 aliphatic heterocycles. The number of hydrogen-bond donors (Lipinski definition) is 2. The number of anilines is 1. The molecule has 190 valence electrons.